The molecule has 0 saturated heterocycles. The number of ether oxygens (including phenoxy) is 2. The van der Waals surface area contributed by atoms with E-state index in [-0.39, 0.29) is 35.9 Å². The Balaban J connectivity index is 1.73. The van der Waals surface area contributed by atoms with Crippen LogP contribution in [-0.4, -0.2) is 58.2 Å². The van der Waals surface area contributed by atoms with E-state index in [1.807, 2.05) is 17.7 Å². The first-order valence-corrected chi connectivity index (χ1v) is 10.6. The lowest BCUT2D eigenvalue weighted by Crippen LogP contribution is -2.49. The topological polar surface area (TPSA) is 86.5 Å². The molecule has 0 saturated carbocycles. The third-order valence-electron chi connectivity index (χ3n) is 5.61. The predicted octanol–water partition coefficient (Wildman–Crippen LogP) is 3.50. The molecule has 1 atom stereocenters. The van der Waals surface area contributed by atoms with Gasteiger partial charge in [0.05, 0.1) is 31.0 Å². The molecule has 0 bridgehead atoms. The van der Waals surface area contributed by atoms with Crippen molar-refractivity contribution in [3.8, 4) is 11.3 Å². The first kappa shape index (κ1) is 22.9. The summed E-state index contributed by atoms with van der Waals surface area (Å²) in [5, 5.41) is 0.117. The van der Waals surface area contributed by atoms with Gasteiger partial charge in [-0.25, -0.2) is 19.2 Å². The second-order valence-corrected chi connectivity index (χ2v) is 8.11. The Morgan fingerprint density at radius 3 is 2.82 bits per heavy atom. The molecule has 3 heterocycles. The van der Waals surface area contributed by atoms with Crippen molar-refractivity contribution in [1.29, 1.82) is 0 Å². The number of aryl methyl sites for hydroxylation is 1. The zero-order chi connectivity index (χ0) is 23.7. The van der Waals surface area contributed by atoms with Crippen molar-refractivity contribution in [3.63, 3.8) is 0 Å². The molecule has 0 unspecified atom stereocenters. The van der Waals surface area contributed by atoms with Gasteiger partial charge in [0.25, 0.3) is 5.91 Å². The first-order valence-electron chi connectivity index (χ1n) is 10.2. The van der Waals surface area contributed by atoms with Crippen molar-refractivity contribution < 1.29 is 23.5 Å². The van der Waals surface area contributed by atoms with Crippen LogP contribution < -0.4 is 0 Å². The summed E-state index contributed by atoms with van der Waals surface area (Å²) in [5.74, 6) is -1.38. The number of carbonyl (C=O) groups excluding carboxylic acids is 2. The monoisotopic (exact) mass is 472 g/mol. The van der Waals surface area contributed by atoms with Crippen LogP contribution in [0.4, 0.5) is 4.39 Å². The number of hydrogen-bond acceptors (Lipinski definition) is 6. The Hall–Kier alpha value is -3.30. The highest BCUT2D eigenvalue weighted by Crippen LogP contribution is 2.29. The van der Waals surface area contributed by atoms with Gasteiger partial charge in [0, 0.05) is 38.2 Å². The summed E-state index contributed by atoms with van der Waals surface area (Å²) < 4.78 is 26.0. The van der Waals surface area contributed by atoms with Gasteiger partial charge < -0.3 is 18.9 Å². The lowest BCUT2D eigenvalue weighted by Gasteiger charge is -2.36. The maximum Gasteiger partial charge on any atom is 0.338 e. The molecule has 0 radical (unpaired) electrons. The van der Waals surface area contributed by atoms with E-state index >= 15 is 0 Å². The fraction of sp³-hybridized carbons (Fsp3) is 0.304. The Morgan fingerprint density at radius 1 is 1.30 bits per heavy atom. The molecular formula is C23H22ClFN4O4. The van der Waals surface area contributed by atoms with Gasteiger partial charge in [0.2, 0.25) is 5.28 Å². The molecule has 2 aromatic heterocycles. The average molecular weight is 473 g/mol. The fourth-order valence-electron chi connectivity index (χ4n) is 4.04. The number of rotatable bonds is 6. The lowest BCUT2D eigenvalue weighted by atomic mass is 10.0. The Kier molecular flexibility index (Phi) is 6.44. The molecule has 1 aliphatic heterocycles. The van der Waals surface area contributed by atoms with Crippen LogP contribution in [0.3, 0.4) is 0 Å². The molecule has 0 N–H and O–H groups in total. The maximum absolute atomic E-state index is 14.0. The van der Waals surface area contributed by atoms with E-state index in [4.69, 9.17) is 21.1 Å². The standard InChI is InChI=1S/C23H22ClFN4O4/c1-13-8-26-23(24)27-20(13)15-7-19-21(30)29(17(12-32-2)11-28(19)9-15)10-14-6-16(25)4-5-18(14)22(31)33-3/h4-9,17H,10-12H2,1-3H3/t17-/m1/s1. The number of hydrogen-bond donors (Lipinski definition) is 0. The van der Waals surface area contributed by atoms with Crippen LogP contribution in [0.2, 0.25) is 5.28 Å². The fourth-order valence-corrected chi connectivity index (χ4v) is 4.18. The third kappa shape index (κ3) is 4.46. The molecule has 33 heavy (non-hydrogen) atoms. The minimum atomic E-state index is -0.598. The highest BCUT2D eigenvalue weighted by molar-refractivity contribution is 6.28. The molecule has 0 spiro atoms. The summed E-state index contributed by atoms with van der Waals surface area (Å²) in [6.07, 6.45) is 3.47. The number of fused-ring (bicyclic) bond motifs is 1. The van der Waals surface area contributed by atoms with E-state index in [2.05, 4.69) is 9.97 Å². The van der Waals surface area contributed by atoms with Crippen LogP contribution >= 0.6 is 11.6 Å². The van der Waals surface area contributed by atoms with E-state index in [0.29, 0.717) is 23.5 Å². The van der Waals surface area contributed by atoms with Gasteiger partial charge >= 0.3 is 5.97 Å². The molecule has 1 amide bonds. The number of methoxy groups -OCH3 is 2. The zero-order valence-electron chi connectivity index (χ0n) is 18.3. The van der Waals surface area contributed by atoms with Crippen molar-refractivity contribution in [3.05, 3.63) is 70.1 Å². The molecule has 172 valence electrons. The molecule has 1 aromatic carbocycles. The van der Waals surface area contributed by atoms with Gasteiger partial charge in [-0.1, -0.05) is 0 Å². The summed E-state index contributed by atoms with van der Waals surface area (Å²) in [7, 11) is 2.80. The number of aromatic nitrogens is 3. The van der Waals surface area contributed by atoms with Gasteiger partial charge in [0.15, 0.2) is 0 Å². The number of amides is 1. The lowest BCUT2D eigenvalue weighted by molar-refractivity contribution is 0.0383. The molecule has 0 fully saturated rings. The van der Waals surface area contributed by atoms with E-state index in [9.17, 15) is 14.0 Å². The summed E-state index contributed by atoms with van der Waals surface area (Å²) in [6.45, 7) is 2.60. The van der Waals surface area contributed by atoms with Gasteiger partial charge in [-0.05, 0) is 53.9 Å². The molecule has 1 aliphatic rings. The van der Waals surface area contributed by atoms with Crippen molar-refractivity contribution in [2.45, 2.75) is 26.1 Å². The number of esters is 1. The highest BCUT2D eigenvalue weighted by atomic mass is 35.5. The minimum absolute atomic E-state index is 0.0218. The summed E-state index contributed by atoms with van der Waals surface area (Å²) >= 11 is 5.98. The second-order valence-electron chi connectivity index (χ2n) is 7.77. The van der Waals surface area contributed by atoms with Gasteiger partial charge in [0.1, 0.15) is 11.5 Å². The first-order chi connectivity index (χ1) is 15.8. The van der Waals surface area contributed by atoms with E-state index in [1.165, 1.54) is 25.3 Å². The Labute approximate surface area is 194 Å². The normalized spacial score (nSPS) is 15.5. The average Bonchev–Trinajstić information content (AvgIpc) is 3.22. The number of nitrogens with zero attached hydrogens (tertiary/aromatic N) is 4. The molecule has 10 heteroatoms. The molecular weight excluding hydrogens is 451 g/mol. The van der Waals surface area contributed by atoms with Crippen molar-refractivity contribution in [2.75, 3.05) is 20.8 Å². The van der Waals surface area contributed by atoms with Crippen LogP contribution in [0.15, 0.2) is 36.7 Å². The van der Waals surface area contributed by atoms with E-state index in [0.717, 1.165) is 11.1 Å². The number of benzene rings is 1. The Bertz CT molecular complexity index is 1230. The van der Waals surface area contributed by atoms with Crippen molar-refractivity contribution >= 4 is 23.5 Å². The largest absolute Gasteiger partial charge is 0.465 e. The predicted molar refractivity (Wildman–Crippen MR) is 118 cm³/mol. The van der Waals surface area contributed by atoms with Gasteiger partial charge in [-0.3, -0.25) is 4.79 Å². The van der Waals surface area contributed by atoms with E-state index in [1.54, 1.807) is 24.3 Å². The van der Waals surface area contributed by atoms with Crippen LogP contribution in [-0.2, 0) is 22.6 Å². The van der Waals surface area contributed by atoms with Crippen LogP contribution in [0.25, 0.3) is 11.3 Å². The summed E-state index contributed by atoms with van der Waals surface area (Å²) in [6, 6.07) is 5.20. The van der Waals surface area contributed by atoms with Gasteiger partial charge in [-0.15, -0.1) is 0 Å². The second kappa shape index (κ2) is 9.29. The molecule has 3 aromatic rings. The highest BCUT2D eigenvalue weighted by Gasteiger charge is 2.34. The van der Waals surface area contributed by atoms with Crippen LogP contribution in [0.1, 0.15) is 32.0 Å². The van der Waals surface area contributed by atoms with Gasteiger partial charge in [-0.2, -0.15) is 0 Å². The summed E-state index contributed by atoms with van der Waals surface area (Å²) in [4.78, 5) is 35.6. The molecule has 4 rings (SSSR count). The quantitative estimate of drug-likeness (QED) is 0.403. The van der Waals surface area contributed by atoms with Crippen molar-refractivity contribution in [2.24, 2.45) is 0 Å². The number of halogens is 2. The molecule has 0 aliphatic carbocycles. The molecule has 8 nitrogen and oxygen atoms in total. The van der Waals surface area contributed by atoms with Crippen LogP contribution in [0, 0.1) is 12.7 Å². The zero-order valence-corrected chi connectivity index (χ0v) is 19.1. The Morgan fingerprint density at radius 2 is 2.09 bits per heavy atom. The maximum atomic E-state index is 14.0. The SMILES string of the molecule is COC[C@H]1Cn2cc(-c3nc(Cl)ncc3C)cc2C(=O)N1Cc1cc(F)ccc1C(=O)OC. The third-order valence-corrected chi connectivity index (χ3v) is 5.79. The van der Waals surface area contributed by atoms with Crippen LogP contribution in [0.5, 0.6) is 0 Å². The summed E-state index contributed by atoms with van der Waals surface area (Å²) in [5.41, 5.74) is 3.20. The number of carbonyl (C=O) groups is 2. The smallest absolute Gasteiger partial charge is 0.338 e. The van der Waals surface area contributed by atoms with Crippen molar-refractivity contribution in [1.82, 2.24) is 19.4 Å². The minimum Gasteiger partial charge on any atom is -0.465 e. The van der Waals surface area contributed by atoms with E-state index < -0.39 is 11.8 Å².